The normalized spacial score (nSPS) is 16.2. The van der Waals surface area contributed by atoms with E-state index in [1.807, 2.05) is 44.2 Å². The predicted octanol–water partition coefficient (Wildman–Crippen LogP) is 3.87. The second kappa shape index (κ2) is 7.51. The van der Waals surface area contributed by atoms with Crippen molar-refractivity contribution >= 4 is 22.6 Å². The van der Waals surface area contributed by atoms with Crippen molar-refractivity contribution in [1.29, 1.82) is 0 Å². The Morgan fingerprint density at radius 3 is 2.74 bits per heavy atom. The van der Waals surface area contributed by atoms with E-state index in [-0.39, 0.29) is 29.8 Å². The summed E-state index contributed by atoms with van der Waals surface area (Å²) in [6, 6.07) is 9.95. The number of fused-ring (bicyclic) bond motifs is 1. The van der Waals surface area contributed by atoms with E-state index >= 15 is 0 Å². The molecule has 1 aliphatic heterocycles. The molecule has 1 aromatic carbocycles. The molecule has 0 radical (unpaired) electrons. The molecular weight excluding hydrogens is 340 g/mol. The number of hydrogen-bond acceptors (Lipinski definition) is 4. The Morgan fingerprint density at radius 2 is 2.04 bits per heavy atom. The van der Waals surface area contributed by atoms with E-state index in [2.05, 4.69) is 18.8 Å². The van der Waals surface area contributed by atoms with Gasteiger partial charge < -0.3 is 9.64 Å². The molecule has 1 aliphatic rings. The van der Waals surface area contributed by atoms with Crippen molar-refractivity contribution in [3.05, 3.63) is 53.9 Å². The molecule has 0 bridgehead atoms. The van der Waals surface area contributed by atoms with Crippen molar-refractivity contribution in [3.63, 3.8) is 0 Å². The predicted molar refractivity (Wildman–Crippen MR) is 105 cm³/mol. The average Bonchev–Trinajstić information content (AvgIpc) is 2.58. The quantitative estimate of drug-likeness (QED) is 0.806. The lowest BCUT2D eigenvalue weighted by atomic mass is 9.98. The first-order chi connectivity index (χ1) is 12.7. The van der Waals surface area contributed by atoms with Gasteiger partial charge in [-0.05, 0) is 37.5 Å². The Kier molecular flexibility index (Phi) is 5.31. The van der Waals surface area contributed by atoms with Crippen LogP contribution in [-0.4, -0.2) is 33.7 Å². The van der Waals surface area contributed by atoms with Crippen LogP contribution in [0.25, 0.3) is 10.9 Å². The Labute approximate surface area is 160 Å². The summed E-state index contributed by atoms with van der Waals surface area (Å²) in [4.78, 5) is 31.3. The topological polar surface area (TPSA) is 59.5 Å². The number of carbonyl (C=O) groups is 2. The van der Waals surface area contributed by atoms with Crippen molar-refractivity contribution in [3.8, 4) is 0 Å². The Morgan fingerprint density at radius 1 is 1.30 bits per heavy atom. The number of pyridine rings is 1. The molecule has 1 aromatic heterocycles. The molecule has 0 N–H and O–H groups in total. The summed E-state index contributed by atoms with van der Waals surface area (Å²) in [6.07, 6.45) is 3.41. The lowest BCUT2D eigenvalue weighted by Gasteiger charge is -2.33. The summed E-state index contributed by atoms with van der Waals surface area (Å²) in [5.74, 6) is 0.0883. The average molecular weight is 366 g/mol. The number of hydrogen-bond donors (Lipinski definition) is 0. The number of ketones is 1. The van der Waals surface area contributed by atoms with Gasteiger partial charge in [-0.15, -0.1) is 0 Å². The third-order valence-corrected chi connectivity index (χ3v) is 4.38. The molecule has 0 atom stereocenters. The molecule has 0 aliphatic carbocycles. The fourth-order valence-corrected chi connectivity index (χ4v) is 3.32. The van der Waals surface area contributed by atoms with Crippen molar-refractivity contribution in [2.75, 3.05) is 6.54 Å². The molecule has 3 rings (SSSR count). The van der Waals surface area contributed by atoms with E-state index < -0.39 is 5.60 Å². The van der Waals surface area contributed by atoms with Crippen LogP contribution in [0, 0.1) is 5.92 Å². The summed E-state index contributed by atoms with van der Waals surface area (Å²) in [5.41, 5.74) is 1.21. The number of para-hydroxylation sites is 1. The SMILES string of the molecule is CC(C)CN(Cc1cnc2ccccc2c1)C(=O)C1=CC(=O)CC(C)(C)O1. The fraction of sp³-hybridized carbons (Fsp3) is 0.409. The van der Waals surface area contributed by atoms with Gasteiger partial charge >= 0.3 is 0 Å². The molecule has 5 heteroatoms. The van der Waals surface area contributed by atoms with Crippen molar-refractivity contribution in [2.45, 2.75) is 46.3 Å². The number of nitrogens with zero attached hydrogens (tertiary/aromatic N) is 2. The standard InChI is InChI=1S/C22H26N2O3/c1-15(2)13-24(21(26)20-10-18(25)11-22(3,4)27-20)14-16-9-17-7-5-6-8-19(17)23-12-16/h5-10,12,15H,11,13-14H2,1-4H3. The van der Waals surface area contributed by atoms with E-state index in [1.54, 1.807) is 11.1 Å². The Hall–Kier alpha value is -2.69. The summed E-state index contributed by atoms with van der Waals surface area (Å²) >= 11 is 0. The Bertz CT molecular complexity index is 899. The van der Waals surface area contributed by atoms with Gasteiger partial charge in [0.2, 0.25) is 0 Å². The van der Waals surface area contributed by atoms with Gasteiger partial charge in [-0.2, -0.15) is 0 Å². The first kappa shape index (κ1) is 19.1. The van der Waals surface area contributed by atoms with Crippen LogP contribution in [0.4, 0.5) is 0 Å². The highest BCUT2D eigenvalue weighted by molar-refractivity contribution is 6.01. The first-order valence-corrected chi connectivity index (χ1v) is 9.30. The minimum atomic E-state index is -0.662. The van der Waals surface area contributed by atoms with Crippen LogP contribution in [0.5, 0.6) is 0 Å². The summed E-state index contributed by atoms with van der Waals surface area (Å²) in [6.45, 7) is 8.76. The Balaban J connectivity index is 1.86. The largest absolute Gasteiger partial charge is 0.481 e. The lowest BCUT2D eigenvalue weighted by molar-refractivity contribution is -0.139. The lowest BCUT2D eigenvalue weighted by Crippen LogP contribution is -2.40. The maximum absolute atomic E-state index is 13.1. The van der Waals surface area contributed by atoms with Gasteiger partial charge in [0.15, 0.2) is 11.5 Å². The summed E-state index contributed by atoms with van der Waals surface area (Å²) in [5, 5.41) is 1.04. The van der Waals surface area contributed by atoms with Crippen LogP contribution in [0.1, 0.15) is 39.7 Å². The number of ether oxygens (including phenoxy) is 1. The van der Waals surface area contributed by atoms with Gasteiger partial charge in [0.25, 0.3) is 5.91 Å². The van der Waals surface area contributed by atoms with Gasteiger partial charge in [-0.25, -0.2) is 0 Å². The van der Waals surface area contributed by atoms with Crippen LogP contribution < -0.4 is 0 Å². The molecule has 0 unspecified atom stereocenters. The second-order valence-electron chi connectivity index (χ2n) is 8.13. The van der Waals surface area contributed by atoms with Gasteiger partial charge in [-0.3, -0.25) is 14.6 Å². The molecule has 2 aromatic rings. The van der Waals surface area contributed by atoms with Crippen LogP contribution in [0.2, 0.25) is 0 Å². The van der Waals surface area contributed by atoms with Crippen molar-refractivity contribution < 1.29 is 14.3 Å². The molecule has 5 nitrogen and oxygen atoms in total. The van der Waals surface area contributed by atoms with E-state index in [0.29, 0.717) is 13.1 Å². The molecule has 0 fully saturated rings. The molecule has 0 saturated carbocycles. The second-order valence-corrected chi connectivity index (χ2v) is 8.13. The molecule has 0 saturated heterocycles. The molecule has 0 spiro atoms. The van der Waals surface area contributed by atoms with E-state index in [9.17, 15) is 9.59 Å². The minimum Gasteiger partial charge on any atom is -0.481 e. The fourth-order valence-electron chi connectivity index (χ4n) is 3.32. The van der Waals surface area contributed by atoms with E-state index in [1.165, 1.54) is 6.08 Å². The highest BCUT2D eigenvalue weighted by Crippen LogP contribution is 2.26. The molecule has 1 amide bonds. The number of benzene rings is 1. The zero-order chi connectivity index (χ0) is 19.6. The van der Waals surface area contributed by atoms with Gasteiger partial charge in [0.05, 0.1) is 5.52 Å². The van der Waals surface area contributed by atoms with Gasteiger partial charge in [-0.1, -0.05) is 32.0 Å². The zero-order valence-electron chi connectivity index (χ0n) is 16.4. The minimum absolute atomic E-state index is 0.0773. The number of rotatable bonds is 5. The van der Waals surface area contributed by atoms with Crippen LogP contribution in [-0.2, 0) is 20.9 Å². The van der Waals surface area contributed by atoms with Crippen molar-refractivity contribution in [1.82, 2.24) is 9.88 Å². The number of aromatic nitrogens is 1. The third-order valence-electron chi connectivity index (χ3n) is 4.38. The smallest absolute Gasteiger partial charge is 0.289 e. The van der Waals surface area contributed by atoms with Gasteiger partial charge in [0, 0.05) is 37.2 Å². The number of amides is 1. The molecule has 2 heterocycles. The van der Waals surface area contributed by atoms with E-state index in [4.69, 9.17) is 4.74 Å². The summed E-state index contributed by atoms with van der Waals surface area (Å²) in [7, 11) is 0. The van der Waals surface area contributed by atoms with Crippen LogP contribution >= 0.6 is 0 Å². The van der Waals surface area contributed by atoms with Crippen LogP contribution in [0.15, 0.2) is 48.4 Å². The number of allylic oxidation sites excluding steroid dienone is 1. The van der Waals surface area contributed by atoms with Crippen LogP contribution in [0.3, 0.4) is 0 Å². The monoisotopic (exact) mass is 366 g/mol. The maximum atomic E-state index is 13.1. The molecular formula is C22H26N2O3. The highest BCUT2D eigenvalue weighted by Gasteiger charge is 2.33. The highest BCUT2D eigenvalue weighted by atomic mass is 16.5. The third kappa shape index (κ3) is 4.73. The van der Waals surface area contributed by atoms with E-state index in [0.717, 1.165) is 16.5 Å². The molecule has 27 heavy (non-hydrogen) atoms. The summed E-state index contributed by atoms with van der Waals surface area (Å²) < 4.78 is 5.81. The number of carbonyl (C=O) groups excluding carboxylic acids is 2. The first-order valence-electron chi connectivity index (χ1n) is 9.30. The maximum Gasteiger partial charge on any atom is 0.289 e. The molecule has 142 valence electrons. The zero-order valence-corrected chi connectivity index (χ0v) is 16.4. The van der Waals surface area contributed by atoms with Crippen molar-refractivity contribution in [2.24, 2.45) is 5.92 Å². The van der Waals surface area contributed by atoms with Gasteiger partial charge in [0.1, 0.15) is 5.60 Å².